The van der Waals surface area contributed by atoms with E-state index in [-0.39, 0.29) is 17.8 Å². The number of nitrogens with zero attached hydrogens (tertiary/aromatic N) is 1. The van der Waals surface area contributed by atoms with Crippen molar-refractivity contribution < 1.29 is 19.1 Å². The van der Waals surface area contributed by atoms with Crippen molar-refractivity contribution in [1.29, 1.82) is 0 Å². The largest absolute Gasteiger partial charge is 0.491 e. The first kappa shape index (κ1) is 19.6. The van der Waals surface area contributed by atoms with E-state index in [4.69, 9.17) is 9.47 Å². The number of hydrogen-bond donors (Lipinski definition) is 1. The molecule has 6 heteroatoms. The summed E-state index contributed by atoms with van der Waals surface area (Å²) in [5, 5.41) is 1.09. The second-order valence-electron chi connectivity index (χ2n) is 7.92. The number of aromatic amines is 1. The van der Waals surface area contributed by atoms with Gasteiger partial charge in [-0.15, -0.1) is 0 Å². The van der Waals surface area contributed by atoms with Crippen molar-refractivity contribution in [1.82, 2.24) is 9.88 Å². The van der Waals surface area contributed by atoms with Gasteiger partial charge >= 0.3 is 0 Å². The molecule has 1 fully saturated rings. The van der Waals surface area contributed by atoms with Crippen molar-refractivity contribution in [2.45, 2.75) is 18.9 Å². The molecule has 3 aromatic rings. The third-order valence-electron chi connectivity index (χ3n) is 5.94. The fourth-order valence-corrected chi connectivity index (χ4v) is 4.29. The molecule has 1 atom stereocenters. The van der Waals surface area contributed by atoms with Gasteiger partial charge < -0.3 is 19.4 Å². The fraction of sp³-hybridized carbons (Fsp3) is 0.280. The van der Waals surface area contributed by atoms with Gasteiger partial charge in [0.15, 0.2) is 5.78 Å². The van der Waals surface area contributed by atoms with Crippen molar-refractivity contribution in [3.05, 3.63) is 71.4 Å². The van der Waals surface area contributed by atoms with Crippen LogP contribution in [0.25, 0.3) is 17.0 Å². The molecule has 1 aromatic heterocycles. The average molecular weight is 416 g/mol. The van der Waals surface area contributed by atoms with Crippen molar-refractivity contribution in [2.24, 2.45) is 0 Å². The van der Waals surface area contributed by atoms with Gasteiger partial charge in [0, 0.05) is 47.3 Å². The third kappa shape index (κ3) is 3.99. The molecule has 1 aliphatic carbocycles. The second-order valence-corrected chi connectivity index (χ2v) is 7.92. The number of para-hydroxylation sites is 1. The zero-order valence-corrected chi connectivity index (χ0v) is 17.2. The van der Waals surface area contributed by atoms with E-state index in [2.05, 4.69) is 4.98 Å². The molecule has 0 spiro atoms. The van der Waals surface area contributed by atoms with E-state index in [9.17, 15) is 9.59 Å². The van der Waals surface area contributed by atoms with Crippen molar-refractivity contribution in [2.75, 3.05) is 26.3 Å². The van der Waals surface area contributed by atoms with Gasteiger partial charge in [0.05, 0.1) is 13.2 Å². The number of carbonyl (C=O) groups excluding carboxylic acids is 2. The topological polar surface area (TPSA) is 71.6 Å². The Hall–Kier alpha value is -3.38. The van der Waals surface area contributed by atoms with Crippen LogP contribution in [0.4, 0.5) is 0 Å². The van der Waals surface area contributed by atoms with Crippen LogP contribution in [0.3, 0.4) is 0 Å². The van der Waals surface area contributed by atoms with E-state index in [0.29, 0.717) is 32.7 Å². The average Bonchev–Trinajstić information content (AvgIpc) is 3.40. The highest BCUT2D eigenvalue weighted by molar-refractivity contribution is 6.01. The van der Waals surface area contributed by atoms with Crippen LogP contribution in [-0.2, 0) is 16.0 Å². The van der Waals surface area contributed by atoms with Gasteiger partial charge in [-0.2, -0.15) is 0 Å². The molecular weight excluding hydrogens is 392 g/mol. The zero-order chi connectivity index (χ0) is 21.2. The molecule has 0 saturated carbocycles. The molecule has 158 valence electrons. The highest BCUT2D eigenvalue weighted by Crippen LogP contribution is 2.30. The standard InChI is InChI=1S/C25H24N2O4/c28-23-10-9-21-20(23)5-3-7-24(21)31-16-18-15-27(12-13-30-18)25(29)11-8-17-14-26-22-6-2-1-4-19(17)22/h1-8,11,14,18,26H,9-10,12-13,15-16H2. The number of aromatic nitrogens is 1. The first-order chi connectivity index (χ1) is 15.2. The normalized spacial score (nSPS) is 18.6. The van der Waals surface area contributed by atoms with Crippen molar-refractivity contribution in [3.63, 3.8) is 0 Å². The van der Waals surface area contributed by atoms with Crippen LogP contribution in [0.2, 0.25) is 0 Å². The molecule has 6 nitrogen and oxygen atoms in total. The molecule has 2 heterocycles. The van der Waals surface area contributed by atoms with Gasteiger partial charge in [-0.25, -0.2) is 0 Å². The van der Waals surface area contributed by atoms with E-state index in [1.807, 2.05) is 54.7 Å². The maximum atomic E-state index is 12.7. The fourth-order valence-electron chi connectivity index (χ4n) is 4.29. The molecule has 2 aliphatic rings. The van der Waals surface area contributed by atoms with E-state index >= 15 is 0 Å². The first-order valence-corrected chi connectivity index (χ1v) is 10.6. The molecular formula is C25H24N2O4. The number of fused-ring (bicyclic) bond motifs is 2. The number of ether oxygens (including phenoxy) is 2. The summed E-state index contributed by atoms with van der Waals surface area (Å²) in [6.45, 7) is 1.86. The van der Waals surface area contributed by atoms with Crippen LogP contribution in [-0.4, -0.2) is 54.0 Å². The van der Waals surface area contributed by atoms with Gasteiger partial charge in [0.1, 0.15) is 18.5 Å². The molecule has 2 aromatic carbocycles. The quantitative estimate of drug-likeness (QED) is 0.645. The number of hydrogen-bond acceptors (Lipinski definition) is 4. The summed E-state index contributed by atoms with van der Waals surface area (Å²) in [5.74, 6) is 0.882. The predicted molar refractivity (Wildman–Crippen MR) is 118 cm³/mol. The smallest absolute Gasteiger partial charge is 0.246 e. The number of H-pyrrole nitrogens is 1. The minimum Gasteiger partial charge on any atom is -0.491 e. The summed E-state index contributed by atoms with van der Waals surface area (Å²) in [6, 6.07) is 13.6. The van der Waals surface area contributed by atoms with Crippen LogP contribution in [0.15, 0.2) is 54.7 Å². The molecule has 5 rings (SSSR count). The number of nitrogens with one attached hydrogen (secondary N) is 1. The highest BCUT2D eigenvalue weighted by Gasteiger charge is 2.26. The van der Waals surface area contributed by atoms with E-state index in [1.54, 1.807) is 11.0 Å². The van der Waals surface area contributed by atoms with Crippen molar-refractivity contribution in [3.8, 4) is 5.75 Å². The molecule has 31 heavy (non-hydrogen) atoms. The number of rotatable bonds is 5. The summed E-state index contributed by atoms with van der Waals surface area (Å²) >= 11 is 0. The molecule has 1 unspecified atom stereocenters. The Kier molecular flexibility index (Phi) is 5.30. The lowest BCUT2D eigenvalue weighted by Gasteiger charge is -2.32. The Morgan fingerprint density at radius 3 is 3.03 bits per heavy atom. The van der Waals surface area contributed by atoms with Crippen LogP contribution >= 0.6 is 0 Å². The summed E-state index contributed by atoms with van der Waals surface area (Å²) in [7, 11) is 0. The van der Waals surface area contributed by atoms with E-state index in [1.165, 1.54) is 0 Å². The number of Topliss-reactive ketones (excluding diaryl/α,β-unsaturated/α-hetero) is 1. The molecule has 1 N–H and O–H groups in total. The van der Waals surface area contributed by atoms with Gasteiger partial charge in [-0.05, 0) is 30.2 Å². The van der Waals surface area contributed by atoms with E-state index < -0.39 is 0 Å². The maximum absolute atomic E-state index is 12.7. The summed E-state index contributed by atoms with van der Waals surface area (Å²) < 4.78 is 11.8. The zero-order valence-electron chi connectivity index (χ0n) is 17.2. The molecule has 1 saturated heterocycles. The Bertz CT molecular complexity index is 1160. The lowest BCUT2D eigenvalue weighted by molar-refractivity contribution is -0.134. The van der Waals surface area contributed by atoms with Crippen LogP contribution in [0, 0.1) is 0 Å². The maximum Gasteiger partial charge on any atom is 0.246 e. The van der Waals surface area contributed by atoms with Gasteiger partial charge in [-0.3, -0.25) is 9.59 Å². The lowest BCUT2D eigenvalue weighted by atomic mass is 10.1. The molecule has 0 radical (unpaired) electrons. The Labute approximate surface area is 180 Å². The number of morpholine rings is 1. The van der Waals surface area contributed by atoms with Crippen LogP contribution in [0.5, 0.6) is 5.75 Å². The van der Waals surface area contributed by atoms with Crippen LogP contribution in [0.1, 0.15) is 27.9 Å². The van der Waals surface area contributed by atoms with Gasteiger partial charge in [0.25, 0.3) is 0 Å². The van der Waals surface area contributed by atoms with Gasteiger partial charge in [-0.1, -0.05) is 30.3 Å². The molecule has 0 bridgehead atoms. The summed E-state index contributed by atoms with van der Waals surface area (Å²) in [6.07, 6.45) is 6.45. The number of carbonyl (C=O) groups is 2. The van der Waals surface area contributed by atoms with Crippen molar-refractivity contribution >= 4 is 28.7 Å². The third-order valence-corrected chi connectivity index (χ3v) is 5.94. The monoisotopic (exact) mass is 416 g/mol. The number of benzene rings is 2. The summed E-state index contributed by atoms with van der Waals surface area (Å²) in [4.78, 5) is 29.7. The SMILES string of the molecule is O=C1CCc2c(OCC3CN(C(=O)C=Cc4c[nH]c5ccccc45)CCO3)cccc21. The Morgan fingerprint density at radius 1 is 1.19 bits per heavy atom. The van der Waals surface area contributed by atoms with E-state index in [0.717, 1.165) is 39.8 Å². The summed E-state index contributed by atoms with van der Waals surface area (Å²) in [5.41, 5.74) is 3.79. The first-order valence-electron chi connectivity index (χ1n) is 10.6. The Morgan fingerprint density at radius 2 is 2.10 bits per heavy atom. The minimum absolute atomic E-state index is 0.0372. The minimum atomic E-state index is -0.202. The second kappa shape index (κ2) is 8.40. The molecule has 1 aliphatic heterocycles. The van der Waals surface area contributed by atoms with Crippen LogP contribution < -0.4 is 4.74 Å². The predicted octanol–water partition coefficient (Wildman–Crippen LogP) is 3.62. The molecule has 1 amide bonds. The lowest BCUT2D eigenvalue weighted by Crippen LogP contribution is -2.47. The van der Waals surface area contributed by atoms with Gasteiger partial charge in [0.2, 0.25) is 5.91 Å². The number of amides is 1. The number of ketones is 1. The highest BCUT2D eigenvalue weighted by atomic mass is 16.5. The Balaban J connectivity index is 1.20.